The van der Waals surface area contributed by atoms with Crippen molar-refractivity contribution >= 4 is 11.7 Å². The second-order valence-corrected chi connectivity index (χ2v) is 6.58. The van der Waals surface area contributed by atoms with Gasteiger partial charge in [-0.15, -0.1) is 0 Å². The van der Waals surface area contributed by atoms with Gasteiger partial charge in [-0.1, -0.05) is 13.8 Å². The third-order valence-corrected chi connectivity index (χ3v) is 3.59. The Labute approximate surface area is 126 Å². The van der Waals surface area contributed by atoms with Crippen molar-refractivity contribution < 1.29 is 14.7 Å². The summed E-state index contributed by atoms with van der Waals surface area (Å²) in [7, 11) is 0. The standard InChI is InChI=1S/C16H26N2O3/c1-9(19)7-16(5,6)8-17-15(21)14-10(2)13(12(4)20)11(3)18-14/h9,18-19H,7-8H2,1-6H3,(H,17,21). The molecular weight excluding hydrogens is 268 g/mol. The van der Waals surface area contributed by atoms with E-state index in [0.29, 0.717) is 35.5 Å². The number of rotatable bonds is 6. The zero-order valence-electron chi connectivity index (χ0n) is 13.8. The zero-order valence-corrected chi connectivity index (χ0v) is 13.8. The number of ketones is 1. The summed E-state index contributed by atoms with van der Waals surface area (Å²) in [6, 6.07) is 0. The largest absolute Gasteiger partial charge is 0.393 e. The molecule has 0 aliphatic heterocycles. The summed E-state index contributed by atoms with van der Waals surface area (Å²) in [5, 5.41) is 12.3. The van der Waals surface area contributed by atoms with E-state index in [1.54, 1.807) is 20.8 Å². The van der Waals surface area contributed by atoms with Gasteiger partial charge in [0.05, 0.1) is 6.10 Å². The molecule has 0 radical (unpaired) electrons. The Bertz CT molecular complexity index is 542. The molecule has 5 heteroatoms. The smallest absolute Gasteiger partial charge is 0.268 e. The van der Waals surface area contributed by atoms with Crippen molar-refractivity contribution in [3.05, 3.63) is 22.5 Å². The van der Waals surface area contributed by atoms with E-state index in [1.165, 1.54) is 6.92 Å². The van der Waals surface area contributed by atoms with E-state index in [0.717, 1.165) is 0 Å². The summed E-state index contributed by atoms with van der Waals surface area (Å²) in [5.41, 5.74) is 2.23. The highest BCUT2D eigenvalue weighted by Crippen LogP contribution is 2.22. The molecule has 0 aromatic carbocycles. The number of aryl methyl sites for hydroxylation is 1. The molecule has 1 atom stereocenters. The van der Waals surface area contributed by atoms with Gasteiger partial charge in [-0.25, -0.2) is 0 Å². The van der Waals surface area contributed by atoms with E-state index < -0.39 is 6.10 Å². The minimum Gasteiger partial charge on any atom is -0.393 e. The number of carbonyl (C=O) groups is 2. The average Bonchev–Trinajstić information content (AvgIpc) is 2.60. The lowest BCUT2D eigenvalue weighted by Gasteiger charge is -2.26. The molecule has 5 nitrogen and oxygen atoms in total. The van der Waals surface area contributed by atoms with Crippen molar-refractivity contribution in [2.75, 3.05) is 6.54 Å². The molecule has 0 bridgehead atoms. The van der Waals surface area contributed by atoms with Crippen LogP contribution in [0.1, 0.15) is 66.2 Å². The highest BCUT2D eigenvalue weighted by Gasteiger charge is 2.24. The van der Waals surface area contributed by atoms with Crippen molar-refractivity contribution in [1.82, 2.24) is 10.3 Å². The first-order valence-corrected chi connectivity index (χ1v) is 7.21. The molecular formula is C16H26N2O3. The first kappa shape index (κ1) is 17.4. The molecule has 0 aliphatic carbocycles. The Balaban J connectivity index is 2.82. The summed E-state index contributed by atoms with van der Waals surface area (Å²) in [6.45, 7) is 11.2. The van der Waals surface area contributed by atoms with E-state index in [4.69, 9.17) is 0 Å². The van der Waals surface area contributed by atoms with Crippen molar-refractivity contribution in [1.29, 1.82) is 0 Å². The van der Waals surface area contributed by atoms with E-state index >= 15 is 0 Å². The van der Waals surface area contributed by atoms with Crippen molar-refractivity contribution in [2.24, 2.45) is 5.41 Å². The maximum Gasteiger partial charge on any atom is 0.268 e. The molecule has 1 aromatic rings. The molecule has 1 heterocycles. The van der Waals surface area contributed by atoms with E-state index in [-0.39, 0.29) is 17.1 Å². The van der Waals surface area contributed by atoms with Crippen LogP contribution in [0.15, 0.2) is 0 Å². The fourth-order valence-corrected chi connectivity index (χ4v) is 2.78. The lowest BCUT2D eigenvalue weighted by Crippen LogP contribution is -2.36. The summed E-state index contributed by atoms with van der Waals surface area (Å²) in [5.74, 6) is -0.267. The van der Waals surface area contributed by atoms with E-state index in [2.05, 4.69) is 10.3 Å². The number of carbonyl (C=O) groups excluding carboxylic acids is 2. The van der Waals surface area contributed by atoms with Gasteiger partial charge in [0.1, 0.15) is 5.69 Å². The maximum absolute atomic E-state index is 12.3. The van der Waals surface area contributed by atoms with Crippen LogP contribution in [0.3, 0.4) is 0 Å². The Hall–Kier alpha value is -1.62. The van der Waals surface area contributed by atoms with Gasteiger partial charge in [0.25, 0.3) is 5.91 Å². The normalized spacial score (nSPS) is 13.1. The molecule has 0 saturated heterocycles. The van der Waals surface area contributed by atoms with E-state index in [9.17, 15) is 14.7 Å². The minimum atomic E-state index is -0.407. The number of H-pyrrole nitrogens is 1. The third-order valence-electron chi connectivity index (χ3n) is 3.59. The quantitative estimate of drug-likeness (QED) is 0.704. The van der Waals surface area contributed by atoms with Crippen LogP contribution in [-0.2, 0) is 0 Å². The molecule has 0 spiro atoms. The number of hydrogen-bond donors (Lipinski definition) is 3. The lowest BCUT2D eigenvalue weighted by molar-refractivity contribution is 0.0897. The summed E-state index contributed by atoms with van der Waals surface area (Å²) in [4.78, 5) is 26.8. The fourth-order valence-electron chi connectivity index (χ4n) is 2.78. The Morgan fingerprint density at radius 1 is 1.33 bits per heavy atom. The second kappa shape index (κ2) is 6.43. The number of nitrogens with one attached hydrogen (secondary N) is 2. The number of aromatic amines is 1. The van der Waals surface area contributed by atoms with Gasteiger partial charge in [-0.3, -0.25) is 9.59 Å². The van der Waals surface area contributed by atoms with Crippen LogP contribution in [0.25, 0.3) is 0 Å². The first-order valence-electron chi connectivity index (χ1n) is 7.21. The molecule has 0 saturated carbocycles. The van der Waals surface area contributed by atoms with Gasteiger partial charge in [-0.05, 0) is 45.1 Å². The maximum atomic E-state index is 12.3. The average molecular weight is 294 g/mol. The van der Waals surface area contributed by atoms with E-state index in [1.807, 2.05) is 13.8 Å². The summed E-state index contributed by atoms with van der Waals surface area (Å²) < 4.78 is 0. The highest BCUT2D eigenvalue weighted by molar-refractivity contribution is 6.02. The number of amides is 1. The van der Waals surface area contributed by atoms with Crippen molar-refractivity contribution in [3.8, 4) is 0 Å². The van der Waals surface area contributed by atoms with Crippen LogP contribution in [-0.4, -0.2) is 34.4 Å². The first-order chi connectivity index (χ1) is 9.55. The van der Waals surface area contributed by atoms with Gasteiger partial charge in [-0.2, -0.15) is 0 Å². The molecule has 118 valence electrons. The topological polar surface area (TPSA) is 82.2 Å². The number of hydrogen-bond acceptors (Lipinski definition) is 3. The summed E-state index contributed by atoms with van der Waals surface area (Å²) >= 11 is 0. The van der Waals surface area contributed by atoms with Gasteiger partial charge in [0, 0.05) is 17.8 Å². The Morgan fingerprint density at radius 2 is 1.90 bits per heavy atom. The van der Waals surface area contributed by atoms with Crippen LogP contribution >= 0.6 is 0 Å². The SMILES string of the molecule is CC(=O)c1c(C)[nH]c(C(=O)NCC(C)(C)CC(C)O)c1C. The third kappa shape index (κ3) is 4.43. The fraction of sp³-hybridized carbons (Fsp3) is 0.625. The van der Waals surface area contributed by atoms with Gasteiger partial charge in [0.2, 0.25) is 0 Å². The molecule has 1 amide bonds. The van der Waals surface area contributed by atoms with Crippen LogP contribution < -0.4 is 5.32 Å². The highest BCUT2D eigenvalue weighted by atomic mass is 16.3. The van der Waals surface area contributed by atoms with Crippen LogP contribution in [0.5, 0.6) is 0 Å². The van der Waals surface area contributed by atoms with Crippen LogP contribution in [0, 0.1) is 19.3 Å². The molecule has 0 fully saturated rings. The molecule has 21 heavy (non-hydrogen) atoms. The molecule has 1 rings (SSSR count). The number of Topliss-reactive ketones (excluding diaryl/α,β-unsaturated/α-hetero) is 1. The number of aromatic nitrogens is 1. The summed E-state index contributed by atoms with van der Waals surface area (Å²) in [6.07, 6.45) is 0.199. The molecule has 1 aromatic heterocycles. The minimum absolute atomic E-state index is 0.0465. The van der Waals surface area contributed by atoms with Gasteiger partial charge in [0.15, 0.2) is 5.78 Å². The monoisotopic (exact) mass is 294 g/mol. The zero-order chi connectivity index (χ0) is 16.4. The molecule has 0 aliphatic rings. The van der Waals surface area contributed by atoms with Gasteiger partial charge < -0.3 is 15.4 Å². The van der Waals surface area contributed by atoms with Crippen molar-refractivity contribution in [2.45, 2.75) is 54.1 Å². The lowest BCUT2D eigenvalue weighted by atomic mass is 9.87. The Morgan fingerprint density at radius 3 is 2.33 bits per heavy atom. The van der Waals surface area contributed by atoms with Crippen LogP contribution in [0.4, 0.5) is 0 Å². The Kier molecular flexibility index (Phi) is 5.34. The van der Waals surface area contributed by atoms with Crippen molar-refractivity contribution in [3.63, 3.8) is 0 Å². The second-order valence-electron chi connectivity index (χ2n) is 6.58. The molecule has 3 N–H and O–H groups in total. The molecule has 1 unspecified atom stereocenters. The predicted molar refractivity (Wildman–Crippen MR) is 82.7 cm³/mol. The van der Waals surface area contributed by atoms with Crippen LogP contribution in [0.2, 0.25) is 0 Å². The van der Waals surface area contributed by atoms with Gasteiger partial charge >= 0.3 is 0 Å². The predicted octanol–water partition coefficient (Wildman–Crippen LogP) is 2.36. The number of aliphatic hydroxyl groups excluding tert-OH is 1. The number of aliphatic hydroxyl groups is 1.